The summed E-state index contributed by atoms with van der Waals surface area (Å²) in [6, 6.07) is 0. The van der Waals surface area contributed by atoms with Crippen LogP contribution in [-0.4, -0.2) is 11.1 Å². The molecule has 0 aliphatic carbocycles. The Morgan fingerprint density at radius 2 is 2.22 bits per heavy atom. The molecule has 0 saturated carbocycles. The van der Waals surface area contributed by atoms with Crippen LogP contribution in [0.1, 0.15) is 19.8 Å². The Balaban J connectivity index is 0. The number of hydrogen-bond donors (Lipinski definition) is 2. The zero-order chi connectivity index (χ0) is 6.41. The highest BCUT2D eigenvalue weighted by Gasteiger charge is 1.89. The maximum atomic E-state index is 9.84. The van der Waals surface area contributed by atoms with Gasteiger partial charge < -0.3 is 11.3 Å². The molecule has 0 aliphatic heterocycles. The summed E-state index contributed by atoms with van der Waals surface area (Å²) >= 11 is 0. The Bertz CT molecular complexity index is 99.2. The van der Waals surface area contributed by atoms with E-state index in [2.05, 4.69) is 0 Å². The lowest BCUT2D eigenvalue weighted by atomic mass is 10.3. The average Bonchev–Trinajstić information content (AvgIpc) is 1.66. The summed E-state index contributed by atoms with van der Waals surface area (Å²) in [5, 5.41) is 8.11. The van der Waals surface area contributed by atoms with Crippen LogP contribution in [0, 0.1) is 0 Å². The largest absolute Gasteiger partial charge is 0.481 e. The highest BCUT2D eigenvalue weighted by Crippen LogP contribution is 1.88. The molecule has 0 unspecified atom stereocenters. The molecule has 3 nitrogen and oxygen atoms in total. The molecule has 0 saturated heterocycles. The lowest BCUT2D eigenvalue weighted by Gasteiger charge is -1.83. The minimum Gasteiger partial charge on any atom is -0.481 e. The van der Waals surface area contributed by atoms with Gasteiger partial charge in [-0.2, -0.15) is 0 Å². The monoisotopic (exact) mass is 131 g/mol. The fourth-order valence-electron chi connectivity index (χ4n) is 0.373. The van der Waals surface area contributed by atoms with Crippen molar-refractivity contribution in [3.05, 3.63) is 12.2 Å². The second kappa shape index (κ2) is 7.17. The van der Waals surface area contributed by atoms with Crippen molar-refractivity contribution in [3.8, 4) is 0 Å². The minimum atomic E-state index is -0.733. The van der Waals surface area contributed by atoms with E-state index in [4.69, 9.17) is 5.11 Å². The summed E-state index contributed by atoms with van der Waals surface area (Å²) in [6.45, 7) is 1.88. The molecule has 9 heavy (non-hydrogen) atoms. The Labute approximate surface area is 55.0 Å². The summed E-state index contributed by atoms with van der Waals surface area (Å²) in [5.74, 6) is -0.733. The molecule has 0 aromatic carbocycles. The van der Waals surface area contributed by atoms with Gasteiger partial charge in [0.25, 0.3) is 0 Å². The number of hydrogen-bond acceptors (Lipinski definition) is 2. The van der Waals surface area contributed by atoms with Crippen molar-refractivity contribution in [1.29, 1.82) is 0 Å². The molecule has 0 bridgehead atoms. The fourth-order valence-corrected chi connectivity index (χ4v) is 0.373. The fraction of sp³-hybridized carbons (Fsp3) is 0.500. The van der Waals surface area contributed by atoms with E-state index in [9.17, 15) is 4.79 Å². The summed E-state index contributed by atoms with van der Waals surface area (Å²) in [4.78, 5) is 9.84. The van der Waals surface area contributed by atoms with Gasteiger partial charge in [-0.05, 0) is 13.3 Å². The van der Waals surface area contributed by atoms with E-state index in [1.807, 2.05) is 19.1 Å². The molecule has 4 N–H and O–H groups in total. The second-order valence-electron chi connectivity index (χ2n) is 1.50. The number of allylic oxidation sites excluding steroid dienone is 2. The zero-order valence-electron chi connectivity index (χ0n) is 5.63. The maximum Gasteiger partial charge on any atom is 0.303 e. The first-order valence-electron chi connectivity index (χ1n) is 2.60. The molecule has 0 spiro atoms. The van der Waals surface area contributed by atoms with E-state index in [1.165, 1.54) is 0 Å². The quantitative estimate of drug-likeness (QED) is 0.571. The van der Waals surface area contributed by atoms with Crippen molar-refractivity contribution in [2.45, 2.75) is 19.8 Å². The van der Waals surface area contributed by atoms with Crippen molar-refractivity contribution in [1.82, 2.24) is 6.15 Å². The van der Waals surface area contributed by atoms with Crippen LogP contribution in [0.5, 0.6) is 0 Å². The van der Waals surface area contributed by atoms with Crippen LogP contribution in [0.25, 0.3) is 0 Å². The molecule has 3 heteroatoms. The van der Waals surface area contributed by atoms with Crippen LogP contribution in [0.2, 0.25) is 0 Å². The van der Waals surface area contributed by atoms with E-state index in [1.54, 1.807) is 0 Å². The van der Waals surface area contributed by atoms with Crippen LogP contribution < -0.4 is 6.15 Å². The van der Waals surface area contributed by atoms with Gasteiger partial charge >= 0.3 is 5.97 Å². The Hall–Kier alpha value is -0.830. The topological polar surface area (TPSA) is 72.3 Å². The van der Waals surface area contributed by atoms with Crippen LogP contribution in [-0.2, 0) is 4.79 Å². The van der Waals surface area contributed by atoms with E-state index in [0.29, 0.717) is 6.42 Å². The Morgan fingerprint density at radius 1 is 1.67 bits per heavy atom. The molecule has 0 atom stereocenters. The summed E-state index contributed by atoms with van der Waals surface area (Å²) in [5.41, 5.74) is 0. The van der Waals surface area contributed by atoms with Crippen molar-refractivity contribution >= 4 is 5.97 Å². The van der Waals surface area contributed by atoms with Crippen molar-refractivity contribution in [3.63, 3.8) is 0 Å². The number of rotatable bonds is 3. The highest BCUT2D eigenvalue weighted by atomic mass is 16.4. The lowest BCUT2D eigenvalue weighted by Crippen LogP contribution is -1.91. The molecule has 0 fully saturated rings. The standard InChI is InChI=1S/C6H10O2.H3N/c1-2-3-4-5-6(7)8;/h2-3H,4-5H2,1H3,(H,7,8);1H3. The molecule has 0 amide bonds. The molecule has 0 rings (SSSR count). The third-order valence-corrected chi connectivity index (χ3v) is 0.761. The van der Waals surface area contributed by atoms with Gasteiger partial charge in [0.2, 0.25) is 0 Å². The maximum absolute atomic E-state index is 9.84. The first-order chi connectivity index (χ1) is 3.77. The van der Waals surface area contributed by atoms with E-state index in [-0.39, 0.29) is 12.6 Å². The Morgan fingerprint density at radius 3 is 2.56 bits per heavy atom. The van der Waals surface area contributed by atoms with E-state index >= 15 is 0 Å². The third-order valence-electron chi connectivity index (χ3n) is 0.761. The first-order valence-corrected chi connectivity index (χ1v) is 2.60. The minimum absolute atomic E-state index is 0. The van der Waals surface area contributed by atoms with Gasteiger partial charge in [0, 0.05) is 6.42 Å². The van der Waals surface area contributed by atoms with Gasteiger partial charge in [0.15, 0.2) is 0 Å². The predicted molar refractivity (Wildman–Crippen MR) is 36.7 cm³/mol. The lowest BCUT2D eigenvalue weighted by molar-refractivity contribution is -0.136. The molecule has 0 aromatic heterocycles. The van der Waals surface area contributed by atoms with Crippen LogP contribution in [0.3, 0.4) is 0 Å². The van der Waals surface area contributed by atoms with Gasteiger partial charge in [-0.15, -0.1) is 0 Å². The first kappa shape index (κ1) is 11.0. The molecule has 0 aliphatic rings. The molecule has 54 valence electrons. The normalized spacial score (nSPS) is 9.00. The smallest absolute Gasteiger partial charge is 0.303 e. The predicted octanol–water partition coefficient (Wildman–Crippen LogP) is 1.59. The van der Waals surface area contributed by atoms with Gasteiger partial charge in [-0.3, -0.25) is 4.79 Å². The summed E-state index contributed by atoms with van der Waals surface area (Å²) in [7, 11) is 0. The SMILES string of the molecule is CC=CCCC(=O)O.N. The van der Waals surface area contributed by atoms with E-state index < -0.39 is 5.97 Å². The molecule has 0 aromatic rings. The number of carbonyl (C=O) groups is 1. The van der Waals surface area contributed by atoms with E-state index in [0.717, 1.165) is 0 Å². The zero-order valence-corrected chi connectivity index (χ0v) is 5.63. The number of aliphatic carboxylic acids is 1. The van der Waals surface area contributed by atoms with Gasteiger partial charge in [-0.25, -0.2) is 0 Å². The van der Waals surface area contributed by atoms with Gasteiger partial charge in [0.1, 0.15) is 0 Å². The van der Waals surface area contributed by atoms with Crippen molar-refractivity contribution in [2.24, 2.45) is 0 Å². The third kappa shape index (κ3) is 11.0. The molecule has 0 radical (unpaired) electrons. The van der Waals surface area contributed by atoms with Gasteiger partial charge in [0.05, 0.1) is 0 Å². The second-order valence-corrected chi connectivity index (χ2v) is 1.50. The van der Waals surface area contributed by atoms with Crippen LogP contribution in [0.4, 0.5) is 0 Å². The van der Waals surface area contributed by atoms with Crippen LogP contribution >= 0.6 is 0 Å². The van der Waals surface area contributed by atoms with Crippen molar-refractivity contribution < 1.29 is 9.90 Å². The number of carboxylic acids is 1. The van der Waals surface area contributed by atoms with Gasteiger partial charge in [-0.1, -0.05) is 12.2 Å². The molecular weight excluding hydrogens is 118 g/mol. The summed E-state index contributed by atoms with van der Waals surface area (Å²) < 4.78 is 0. The molecular formula is C6H13NO2. The average molecular weight is 131 g/mol. The summed E-state index contributed by atoms with van der Waals surface area (Å²) in [6.07, 6.45) is 4.58. The molecule has 0 heterocycles. The van der Waals surface area contributed by atoms with Crippen molar-refractivity contribution in [2.75, 3.05) is 0 Å². The Kier molecular flexibility index (Phi) is 8.79. The van der Waals surface area contributed by atoms with Crippen LogP contribution in [0.15, 0.2) is 12.2 Å². The highest BCUT2D eigenvalue weighted by molar-refractivity contribution is 5.66. The number of carboxylic acid groups (broad SMARTS) is 1.